The second-order valence-corrected chi connectivity index (χ2v) is 7.47. The highest BCUT2D eigenvalue weighted by atomic mass is 15.3. The van der Waals surface area contributed by atoms with Gasteiger partial charge in [0.2, 0.25) is 0 Å². The summed E-state index contributed by atoms with van der Waals surface area (Å²) in [5.41, 5.74) is 3.56. The predicted molar refractivity (Wildman–Crippen MR) is 108 cm³/mol. The van der Waals surface area contributed by atoms with Crippen molar-refractivity contribution in [2.75, 3.05) is 36.0 Å². The average molecular weight is 368 g/mol. The van der Waals surface area contributed by atoms with E-state index in [0.29, 0.717) is 17.5 Å². The van der Waals surface area contributed by atoms with Crippen molar-refractivity contribution in [3.63, 3.8) is 0 Å². The number of nitriles is 1. The van der Waals surface area contributed by atoms with Gasteiger partial charge in [-0.3, -0.25) is 4.98 Å². The Labute approximate surface area is 164 Å². The highest BCUT2D eigenvalue weighted by molar-refractivity contribution is 5.59. The van der Waals surface area contributed by atoms with Crippen LogP contribution < -0.4 is 9.80 Å². The first-order chi connectivity index (χ1) is 13.8. The molecule has 4 heterocycles. The predicted octanol–water partition coefficient (Wildman–Crippen LogP) is 2.98. The quantitative estimate of drug-likeness (QED) is 0.708. The van der Waals surface area contributed by atoms with E-state index in [1.165, 1.54) is 0 Å². The number of fused-ring (bicyclic) bond motifs is 1. The highest BCUT2D eigenvalue weighted by Gasteiger charge is 2.40. The molecular formula is C22H20N6. The van der Waals surface area contributed by atoms with Crippen LogP contribution in [0.5, 0.6) is 0 Å². The molecule has 3 aromatic rings. The van der Waals surface area contributed by atoms with Gasteiger partial charge in [-0.15, -0.1) is 0 Å². The van der Waals surface area contributed by atoms with Gasteiger partial charge in [-0.25, -0.2) is 9.97 Å². The summed E-state index contributed by atoms with van der Waals surface area (Å²) in [6, 6.07) is 16.1. The first-order valence-electron chi connectivity index (χ1n) is 9.53. The molecule has 2 saturated heterocycles. The van der Waals surface area contributed by atoms with Crippen LogP contribution in [0.1, 0.15) is 5.69 Å². The largest absolute Gasteiger partial charge is 0.371 e. The molecule has 0 N–H and O–H groups in total. The Hall–Kier alpha value is -3.46. The molecule has 0 aliphatic carbocycles. The van der Waals surface area contributed by atoms with E-state index in [1.807, 2.05) is 42.7 Å². The Balaban J connectivity index is 1.26. The van der Waals surface area contributed by atoms with E-state index in [0.717, 1.165) is 48.9 Å². The minimum absolute atomic E-state index is 0.477. The van der Waals surface area contributed by atoms with Crippen LogP contribution in [0.4, 0.5) is 11.5 Å². The summed E-state index contributed by atoms with van der Waals surface area (Å²) in [5, 5.41) is 9.07. The van der Waals surface area contributed by atoms with Crippen LogP contribution in [0.15, 0.2) is 61.1 Å². The van der Waals surface area contributed by atoms with E-state index in [2.05, 4.69) is 43.0 Å². The molecule has 2 atom stereocenters. The topological polar surface area (TPSA) is 68.9 Å². The van der Waals surface area contributed by atoms with E-state index in [4.69, 9.17) is 5.26 Å². The van der Waals surface area contributed by atoms with Crippen LogP contribution in [-0.4, -0.2) is 41.1 Å². The monoisotopic (exact) mass is 368 g/mol. The summed E-state index contributed by atoms with van der Waals surface area (Å²) in [6.07, 6.45) is 5.48. The Kier molecular flexibility index (Phi) is 4.13. The van der Waals surface area contributed by atoms with Crippen molar-refractivity contribution in [3.8, 4) is 17.3 Å². The van der Waals surface area contributed by atoms with Crippen molar-refractivity contribution in [1.29, 1.82) is 5.26 Å². The number of nitrogens with zero attached hydrogens (tertiary/aromatic N) is 6. The molecule has 0 radical (unpaired) electrons. The minimum atomic E-state index is 0.477. The Morgan fingerprint density at radius 2 is 1.61 bits per heavy atom. The molecule has 6 heteroatoms. The molecule has 0 amide bonds. The van der Waals surface area contributed by atoms with Gasteiger partial charge < -0.3 is 9.80 Å². The lowest BCUT2D eigenvalue weighted by Crippen LogP contribution is -2.29. The summed E-state index contributed by atoms with van der Waals surface area (Å²) in [7, 11) is 0. The van der Waals surface area contributed by atoms with Crippen molar-refractivity contribution in [1.82, 2.24) is 15.0 Å². The van der Waals surface area contributed by atoms with Crippen molar-refractivity contribution < 1.29 is 0 Å². The molecule has 2 aromatic heterocycles. The van der Waals surface area contributed by atoms with Crippen LogP contribution in [0.2, 0.25) is 0 Å². The SMILES string of the molecule is N#Cc1cc(N2CC3CN(c4cnc(-c5ccccc5)cn4)CC3C2)ccn1. The maximum atomic E-state index is 9.07. The van der Waals surface area contributed by atoms with Crippen molar-refractivity contribution in [2.45, 2.75) is 0 Å². The molecule has 2 unspecified atom stereocenters. The maximum absolute atomic E-state index is 9.07. The van der Waals surface area contributed by atoms with Crippen molar-refractivity contribution >= 4 is 11.5 Å². The number of aromatic nitrogens is 3. The molecule has 138 valence electrons. The molecule has 0 saturated carbocycles. The van der Waals surface area contributed by atoms with Gasteiger partial charge in [0, 0.05) is 55.5 Å². The van der Waals surface area contributed by atoms with E-state index >= 15 is 0 Å². The average Bonchev–Trinajstić information content (AvgIpc) is 3.34. The summed E-state index contributed by atoms with van der Waals surface area (Å²) >= 11 is 0. The molecule has 5 rings (SSSR count). The van der Waals surface area contributed by atoms with Gasteiger partial charge >= 0.3 is 0 Å². The van der Waals surface area contributed by atoms with Gasteiger partial charge in [-0.1, -0.05) is 30.3 Å². The van der Waals surface area contributed by atoms with E-state index in [9.17, 15) is 0 Å². The molecule has 2 aliphatic rings. The highest BCUT2D eigenvalue weighted by Crippen LogP contribution is 2.35. The Bertz CT molecular complexity index is 997. The minimum Gasteiger partial charge on any atom is -0.371 e. The number of hydrogen-bond donors (Lipinski definition) is 0. The van der Waals surface area contributed by atoms with Crippen LogP contribution in [-0.2, 0) is 0 Å². The van der Waals surface area contributed by atoms with Gasteiger partial charge in [0.1, 0.15) is 17.6 Å². The fourth-order valence-electron chi connectivity index (χ4n) is 4.31. The summed E-state index contributed by atoms with van der Waals surface area (Å²) < 4.78 is 0. The number of pyridine rings is 1. The van der Waals surface area contributed by atoms with E-state index in [1.54, 1.807) is 6.20 Å². The number of anilines is 2. The van der Waals surface area contributed by atoms with Crippen LogP contribution in [0, 0.1) is 23.2 Å². The van der Waals surface area contributed by atoms with E-state index < -0.39 is 0 Å². The molecule has 2 aliphatic heterocycles. The molecule has 28 heavy (non-hydrogen) atoms. The third-order valence-corrected chi connectivity index (χ3v) is 5.74. The third kappa shape index (κ3) is 3.05. The lowest BCUT2D eigenvalue weighted by atomic mass is 10.0. The van der Waals surface area contributed by atoms with Crippen molar-refractivity contribution in [2.24, 2.45) is 11.8 Å². The standard InChI is InChI=1S/C22H20N6/c23-9-19-8-20(6-7-24-19)27-12-17-14-28(15-18(17)13-27)22-11-25-21(10-26-22)16-4-2-1-3-5-16/h1-8,10-11,17-18H,12-15H2. The fourth-order valence-corrected chi connectivity index (χ4v) is 4.31. The Morgan fingerprint density at radius 1 is 0.857 bits per heavy atom. The second-order valence-electron chi connectivity index (χ2n) is 7.47. The summed E-state index contributed by atoms with van der Waals surface area (Å²) in [5.74, 6) is 2.17. The normalized spacial score (nSPS) is 20.8. The van der Waals surface area contributed by atoms with Crippen LogP contribution in [0.3, 0.4) is 0 Å². The van der Waals surface area contributed by atoms with Gasteiger partial charge in [0.05, 0.1) is 18.1 Å². The van der Waals surface area contributed by atoms with Crippen LogP contribution >= 0.6 is 0 Å². The molecule has 6 nitrogen and oxygen atoms in total. The summed E-state index contributed by atoms with van der Waals surface area (Å²) in [4.78, 5) is 18.1. The van der Waals surface area contributed by atoms with E-state index in [-0.39, 0.29) is 0 Å². The number of rotatable bonds is 3. The molecule has 1 aromatic carbocycles. The smallest absolute Gasteiger partial charge is 0.147 e. The molecular weight excluding hydrogens is 348 g/mol. The van der Waals surface area contributed by atoms with Gasteiger partial charge in [0.25, 0.3) is 0 Å². The zero-order chi connectivity index (χ0) is 18.9. The molecule has 2 fully saturated rings. The van der Waals surface area contributed by atoms with Gasteiger partial charge in [-0.05, 0) is 12.1 Å². The van der Waals surface area contributed by atoms with Crippen LogP contribution in [0.25, 0.3) is 11.3 Å². The Morgan fingerprint density at radius 3 is 2.29 bits per heavy atom. The maximum Gasteiger partial charge on any atom is 0.147 e. The first-order valence-corrected chi connectivity index (χ1v) is 9.53. The lowest BCUT2D eigenvalue weighted by Gasteiger charge is -2.23. The summed E-state index contributed by atoms with van der Waals surface area (Å²) in [6.45, 7) is 4.00. The fraction of sp³-hybridized carbons (Fsp3) is 0.273. The zero-order valence-corrected chi connectivity index (χ0v) is 15.4. The van der Waals surface area contributed by atoms with Gasteiger partial charge in [-0.2, -0.15) is 5.26 Å². The molecule has 0 bridgehead atoms. The second kappa shape index (κ2) is 6.93. The molecule has 0 spiro atoms. The van der Waals surface area contributed by atoms with Crippen molar-refractivity contribution in [3.05, 3.63) is 66.7 Å². The lowest BCUT2D eigenvalue weighted by molar-refractivity contribution is 0.533. The van der Waals surface area contributed by atoms with Gasteiger partial charge in [0.15, 0.2) is 0 Å². The zero-order valence-electron chi connectivity index (χ0n) is 15.4. The third-order valence-electron chi connectivity index (χ3n) is 5.74. The number of hydrogen-bond acceptors (Lipinski definition) is 6. The number of benzene rings is 1. The first kappa shape index (κ1) is 16.7.